The zero-order valence-electron chi connectivity index (χ0n) is 11.4. The number of pyridine rings is 1. The number of halogens is 1. The zero-order valence-corrected chi connectivity index (χ0v) is 11.4. The Labute approximate surface area is 109 Å². The van der Waals surface area contributed by atoms with Gasteiger partial charge in [-0.25, -0.2) is 4.39 Å². The van der Waals surface area contributed by atoms with Gasteiger partial charge in [0.1, 0.15) is 5.82 Å². The van der Waals surface area contributed by atoms with Gasteiger partial charge in [0, 0.05) is 19.2 Å². The molecule has 0 fully saturated rings. The highest BCUT2D eigenvalue weighted by molar-refractivity contribution is 5.09. The van der Waals surface area contributed by atoms with Gasteiger partial charge in [0.2, 0.25) is 0 Å². The molecule has 4 heteroatoms. The van der Waals surface area contributed by atoms with Crippen molar-refractivity contribution >= 4 is 0 Å². The van der Waals surface area contributed by atoms with Crippen molar-refractivity contribution in [1.29, 1.82) is 0 Å². The van der Waals surface area contributed by atoms with E-state index in [1.807, 2.05) is 0 Å². The third-order valence-corrected chi connectivity index (χ3v) is 2.60. The number of hydrogen-bond donors (Lipinski definition) is 1. The number of ether oxygens (including phenoxy) is 1. The number of nitrogens with one attached hydrogen (secondary N) is 1. The summed E-state index contributed by atoms with van der Waals surface area (Å²) in [6, 6.07) is 3.33. The van der Waals surface area contributed by atoms with Gasteiger partial charge < -0.3 is 10.1 Å². The Morgan fingerprint density at radius 2 is 2.17 bits per heavy atom. The third kappa shape index (κ3) is 5.56. The lowest BCUT2D eigenvalue weighted by Gasteiger charge is -2.16. The van der Waals surface area contributed by atoms with E-state index in [1.54, 1.807) is 6.07 Å². The first-order valence-corrected chi connectivity index (χ1v) is 6.56. The van der Waals surface area contributed by atoms with Crippen molar-refractivity contribution in [2.24, 2.45) is 5.92 Å². The number of nitrogens with zero attached hydrogens (tertiary/aromatic N) is 1. The third-order valence-electron chi connectivity index (χ3n) is 2.60. The summed E-state index contributed by atoms with van der Waals surface area (Å²) in [5, 5.41) is 3.37. The average Bonchev–Trinajstić information content (AvgIpc) is 2.35. The first-order valence-electron chi connectivity index (χ1n) is 6.56. The topological polar surface area (TPSA) is 34.1 Å². The van der Waals surface area contributed by atoms with Gasteiger partial charge in [-0.05, 0) is 24.5 Å². The number of hydrogen-bond acceptors (Lipinski definition) is 3. The van der Waals surface area contributed by atoms with Gasteiger partial charge in [-0.2, -0.15) is 0 Å². The summed E-state index contributed by atoms with van der Waals surface area (Å²) in [5.41, 5.74) is 0.878. The molecule has 3 nitrogen and oxygen atoms in total. The monoisotopic (exact) mass is 254 g/mol. The van der Waals surface area contributed by atoms with Crippen molar-refractivity contribution < 1.29 is 9.13 Å². The predicted octanol–water partition coefficient (Wildman–Crippen LogP) is 2.93. The Balaban J connectivity index is 2.31. The summed E-state index contributed by atoms with van der Waals surface area (Å²) in [4.78, 5) is 4.10. The van der Waals surface area contributed by atoms with E-state index in [4.69, 9.17) is 4.74 Å². The first kappa shape index (κ1) is 15.1. The van der Waals surface area contributed by atoms with Gasteiger partial charge in [0.15, 0.2) is 0 Å². The second-order valence-corrected chi connectivity index (χ2v) is 4.79. The molecule has 1 aromatic rings. The smallest absolute Gasteiger partial charge is 0.141 e. The minimum absolute atomic E-state index is 0.160. The van der Waals surface area contributed by atoms with Gasteiger partial charge in [0.25, 0.3) is 0 Å². The van der Waals surface area contributed by atoms with E-state index in [1.165, 1.54) is 12.3 Å². The molecule has 0 radical (unpaired) electrons. The second-order valence-electron chi connectivity index (χ2n) is 4.79. The molecule has 0 saturated carbocycles. The molecule has 102 valence electrons. The second kappa shape index (κ2) is 8.16. The minimum atomic E-state index is -0.297. The molecule has 0 bridgehead atoms. The van der Waals surface area contributed by atoms with Gasteiger partial charge >= 0.3 is 0 Å². The van der Waals surface area contributed by atoms with Crippen LogP contribution in [0.25, 0.3) is 0 Å². The normalized spacial score (nSPS) is 12.9. The van der Waals surface area contributed by atoms with Crippen LogP contribution in [0.2, 0.25) is 0 Å². The summed E-state index contributed by atoms with van der Waals surface area (Å²) in [6.07, 6.45) is 2.18. The maximum atomic E-state index is 12.8. The largest absolute Gasteiger partial charge is 0.380 e. The molecular weight excluding hydrogens is 231 g/mol. The molecule has 18 heavy (non-hydrogen) atoms. The molecule has 1 rings (SSSR count). The van der Waals surface area contributed by atoms with Gasteiger partial charge in [-0.3, -0.25) is 4.98 Å². The van der Waals surface area contributed by atoms with Crippen molar-refractivity contribution in [3.63, 3.8) is 0 Å². The fraction of sp³-hybridized carbons (Fsp3) is 0.643. The molecule has 0 spiro atoms. The minimum Gasteiger partial charge on any atom is -0.380 e. The van der Waals surface area contributed by atoms with Crippen LogP contribution in [0.3, 0.4) is 0 Å². The van der Waals surface area contributed by atoms with Crippen LogP contribution < -0.4 is 5.32 Å². The molecule has 0 amide bonds. The summed E-state index contributed by atoms with van der Waals surface area (Å²) in [5.74, 6) is 0.264. The lowest BCUT2D eigenvalue weighted by Crippen LogP contribution is -2.26. The molecule has 0 aromatic carbocycles. The summed E-state index contributed by atoms with van der Waals surface area (Å²) >= 11 is 0. The summed E-state index contributed by atoms with van der Waals surface area (Å²) in [7, 11) is 0. The van der Waals surface area contributed by atoms with Crippen molar-refractivity contribution in [1.82, 2.24) is 10.3 Å². The number of rotatable bonds is 8. The van der Waals surface area contributed by atoms with Crippen LogP contribution in [-0.4, -0.2) is 24.7 Å². The quantitative estimate of drug-likeness (QED) is 0.724. The van der Waals surface area contributed by atoms with Gasteiger partial charge in [-0.1, -0.05) is 20.8 Å². The standard InChI is InChI=1S/C14H23FN2O/c1-4-13(14-6-5-12(15)9-17-14)16-7-8-18-10-11(2)3/h5-6,9,11,13,16H,4,7-8,10H2,1-3H3. The van der Waals surface area contributed by atoms with E-state index in [-0.39, 0.29) is 11.9 Å². The van der Waals surface area contributed by atoms with E-state index in [2.05, 4.69) is 31.1 Å². The maximum Gasteiger partial charge on any atom is 0.141 e. The Morgan fingerprint density at radius 3 is 2.72 bits per heavy atom. The van der Waals surface area contributed by atoms with E-state index < -0.39 is 0 Å². The molecule has 1 heterocycles. The highest BCUT2D eigenvalue weighted by Gasteiger charge is 2.09. The molecule has 0 aliphatic heterocycles. The average molecular weight is 254 g/mol. The molecule has 0 saturated heterocycles. The van der Waals surface area contributed by atoms with Crippen LogP contribution in [0.4, 0.5) is 4.39 Å². The highest BCUT2D eigenvalue weighted by Crippen LogP contribution is 2.13. The van der Waals surface area contributed by atoms with Crippen molar-refractivity contribution in [3.05, 3.63) is 29.8 Å². The van der Waals surface area contributed by atoms with Crippen LogP contribution in [-0.2, 0) is 4.74 Å². The predicted molar refractivity (Wildman–Crippen MR) is 70.9 cm³/mol. The van der Waals surface area contributed by atoms with E-state index in [0.717, 1.165) is 25.3 Å². The summed E-state index contributed by atoms with van der Waals surface area (Å²) in [6.45, 7) is 8.60. The lowest BCUT2D eigenvalue weighted by molar-refractivity contribution is 0.110. The van der Waals surface area contributed by atoms with Crippen LogP contribution >= 0.6 is 0 Å². The molecule has 1 unspecified atom stereocenters. The Bertz CT molecular complexity index is 327. The van der Waals surface area contributed by atoms with Gasteiger partial charge in [-0.15, -0.1) is 0 Å². The van der Waals surface area contributed by atoms with E-state index >= 15 is 0 Å². The summed E-state index contributed by atoms with van der Waals surface area (Å²) < 4.78 is 18.3. The van der Waals surface area contributed by atoms with Crippen molar-refractivity contribution in [3.8, 4) is 0 Å². The lowest BCUT2D eigenvalue weighted by atomic mass is 10.1. The highest BCUT2D eigenvalue weighted by atomic mass is 19.1. The number of aromatic nitrogens is 1. The molecule has 1 N–H and O–H groups in total. The van der Waals surface area contributed by atoms with Crippen LogP contribution in [0.15, 0.2) is 18.3 Å². The Kier molecular flexibility index (Phi) is 6.83. The zero-order chi connectivity index (χ0) is 13.4. The van der Waals surface area contributed by atoms with E-state index in [0.29, 0.717) is 12.5 Å². The fourth-order valence-corrected chi connectivity index (χ4v) is 1.68. The molecule has 0 aliphatic carbocycles. The molecule has 0 aliphatic rings. The molecular formula is C14H23FN2O. The Morgan fingerprint density at radius 1 is 1.39 bits per heavy atom. The van der Waals surface area contributed by atoms with Crippen LogP contribution in [0, 0.1) is 11.7 Å². The molecule has 1 aromatic heterocycles. The maximum absolute atomic E-state index is 12.8. The fourth-order valence-electron chi connectivity index (χ4n) is 1.68. The SMILES string of the molecule is CCC(NCCOCC(C)C)c1ccc(F)cn1. The van der Waals surface area contributed by atoms with Crippen molar-refractivity contribution in [2.75, 3.05) is 19.8 Å². The van der Waals surface area contributed by atoms with Crippen molar-refractivity contribution in [2.45, 2.75) is 33.2 Å². The van der Waals surface area contributed by atoms with E-state index in [9.17, 15) is 4.39 Å². The van der Waals surface area contributed by atoms with Crippen LogP contribution in [0.5, 0.6) is 0 Å². The van der Waals surface area contributed by atoms with Gasteiger partial charge in [0.05, 0.1) is 18.5 Å². The molecule has 1 atom stereocenters. The Hall–Kier alpha value is -1.00. The first-order chi connectivity index (χ1) is 8.63. The van der Waals surface area contributed by atoms with Crippen LogP contribution in [0.1, 0.15) is 38.9 Å².